The molecule has 28 heavy (non-hydrogen) atoms. The van der Waals surface area contributed by atoms with Gasteiger partial charge in [-0.15, -0.1) is 5.10 Å². The van der Waals surface area contributed by atoms with Crippen LogP contribution in [0.3, 0.4) is 0 Å². The van der Waals surface area contributed by atoms with E-state index in [2.05, 4.69) is 10.5 Å². The van der Waals surface area contributed by atoms with Gasteiger partial charge in [0.25, 0.3) is 17.5 Å². The summed E-state index contributed by atoms with van der Waals surface area (Å²) in [6.45, 7) is 0. The molecule has 0 aliphatic heterocycles. The molecule has 2 amide bonds. The summed E-state index contributed by atoms with van der Waals surface area (Å²) < 4.78 is 10.7. The Hall–Kier alpha value is -4.21. The summed E-state index contributed by atoms with van der Waals surface area (Å²) in [5.41, 5.74) is 7.78. The minimum Gasteiger partial charge on any atom is -0.497 e. The molecule has 3 aromatic rings. The Bertz CT molecular complexity index is 1150. The number of hydrogen-bond donors (Lipinski definition) is 2. The highest BCUT2D eigenvalue weighted by Crippen LogP contribution is 2.20. The molecule has 0 saturated carbocycles. The molecule has 3 N–H and O–H groups in total. The van der Waals surface area contributed by atoms with Gasteiger partial charge in [0.2, 0.25) is 5.55 Å². The number of ether oxygens (including phenoxy) is 1. The van der Waals surface area contributed by atoms with Gasteiger partial charge in [-0.3, -0.25) is 19.7 Å². The van der Waals surface area contributed by atoms with E-state index in [1.807, 2.05) is 0 Å². The summed E-state index contributed by atoms with van der Waals surface area (Å²) in [5, 5.41) is 15.0. The van der Waals surface area contributed by atoms with Crippen molar-refractivity contribution in [2.75, 3.05) is 7.11 Å². The van der Waals surface area contributed by atoms with Gasteiger partial charge in [0.05, 0.1) is 12.0 Å². The van der Waals surface area contributed by atoms with Crippen LogP contribution >= 0.6 is 0 Å². The molecular formula is C18H14N4O6. The van der Waals surface area contributed by atoms with Crippen LogP contribution in [0.25, 0.3) is 11.0 Å². The van der Waals surface area contributed by atoms with Crippen molar-refractivity contribution in [2.24, 2.45) is 10.8 Å². The minimum absolute atomic E-state index is 0.0373. The van der Waals surface area contributed by atoms with Gasteiger partial charge in [0, 0.05) is 23.1 Å². The van der Waals surface area contributed by atoms with E-state index in [9.17, 15) is 19.7 Å². The Morgan fingerprint density at radius 2 is 1.89 bits per heavy atom. The molecular weight excluding hydrogens is 368 g/mol. The molecule has 0 bridgehead atoms. The van der Waals surface area contributed by atoms with Crippen molar-refractivity contribution in [3.63, 3.8) is 0 Å². The summed E-state index contributed by atoms with van der Waals surface area (Å²) in [4.78, 5) is 34.0. The molecule has 0 spiro atoms. The van der Waals surface area contributed by atoms with E-state index in [-0.39, 0.29) is 22.4 Å². The Morgan fingerprint density at radius 3 is 2.50 bits per heavy atom. The van der Waals surface area contributed by atoms with Crippen LogP contribution in [0.5, 0.6) is 5.75 Å². The molecule has 2 aromatic carbocycles. The zero-order valence-corrected chi connectivity index (χ0v) is 14.5. The van der Waals surface area contributed by atoms with Crippen molar-refractivity contribution in [3.05, 3.63) is 75.3 Å². The summed E-state index contributed by atoms with van der Waals surface area (Å²) in [7, 11) is 1.50. The number of nitro benzene ring substituents is 1. The van der Waals surface area contributed by atoms with Crippen LogP contribution in [-0.4, -0.2) is 23.8 Å². The number of amides is 2. The molecule has 10 heteroatoms. The van der Waals surface area contributed by atoms with E-state index in [4.69, 9.17) is 14.9 Å². The van der Waals surface area contributed by atoms with Gasteiger partial charge in [-0.25, -0.2) is 5.43 Å². The predicted octanol–water partition coefficient (Wildman–Crippen LogP) is 1.69. The lowest BCUT2D eigenvalue weighted by atomic mass is 10.1. The number of benzene rings is 2. The summed E-state index contributed by atoms with van der Waals surface area (Å²) in [6.07, 6.45) is 0. The zero-order valence-electron chi connectivity index (χ0n) is 14.5. The first kappa shape index (κ1) is 18.6. The summed E-state index contributed by atoms with van der Waals surface area (Å²) in [5.74, 6) is -0.874. The zero-order chi connectivity index (χ0) is 20.3. The van der Waals surface area contributed by atoms with Gasteiger partial charge in [-0.2, -0.15) is 0 Å². The average Bonchev–Trinajstić information content (AvgIpc) is 2.70. The summed E-state index contributed by atoms with van der Waals surface area (Å²) in [6, 6.07) is 11.4. The Morgan fingerprint density at radius 1 is 1.18 bits per heavy atom. The number of fused-ring (bicyclic) bond motifs is 1. The van der Waals surface area contributed by atoms with Gasteiger partial charge >= 0.3 is 0 Å². The maximum absolute atomic E-state index is 12.2. The largest absolute Gasteiger partial charge is 0.497 e. The monoisotopic (exact) mass is 382 g/mol. The lowest BCUT2D eigenvalue weighted by Gasteiger charge is -2.05. The topological polar surface area (TPSA) is 150 Å². The Balaban J connectivity index is 1.95. The van der Waals surface area contributed by atoms with Crippen LogP contribution in [-0.2, 0) is 0 Å². The van der Waals surface area contributed by atoms with Crippen LogP contribution in [0, 0.1) is 10.1 Å². The number of hydrogen-bond acceptors (Lipinski definition) is 7. The number of methoxy groups -OCH3 is 1. The first-order valence-corrected chi connectivity index (χ1v) is 7.89. The molecule has 0 unspecified atom stereocenters. The van der Waals surface area contributed by atoms with Gasteiger partial charge in [-0.05, 0) is 36.4 Å². The average molecular weight is 382 g/mol. The van der Waals surface area contributed by atoms with E-state index in [0.717, 1.165) is 0 Å². The quantitative estimate of drug-likeness (QED) is 0.506. The predicted molar refractivity (Wildman–Crippen MR) is 97.4 cm³/mol. The van der Waals surface area contributed by atoms with Crippen molar-refractivity contribution in [3.8, 4) is 5.75 Å². The fourth-order valence-corrected chi connectivity index (χ4v) is 2.40. The van der Waals surface area contributed by atoms with Gasteiger partial charge < -0.3 is 14.9 Å². The maximum Gasteiger partial charge on any atom is 0.271 e. The van der Waals surface area contributed by atoms with E-state index in [1.54, 1.807) is 18.2 Å². The molecule has 1 aromatic heterocycles. The fraction of sp³-hybridized carbons (Fsp3) is 0.0556. The highest BCUT2D eigenvalue weighted by Gasteiger charge is 2.12. The van der Waals surface area contributed by atoms with Crippen molar-refractivity contribution in [1.82, 2.24) is 5.43 Å². The standard InChI is InChI=1S/C18H14N4O6/c1-27-13-6-7-15-11(8-13)9-14(16(19)23)18(28-15)21-20-17(24)10-2-4-12(5-3-10)22(25)26/h2-9H,1H3,(H2,19,23)(H,20,24)/b21-18+. The van der Waals surface area contributed by atoms with Gasteiger partial charge in [-0.1, -0.05) is 0 Å². The van der Waals surface area contributed by atoms with Gasteiger partial charge in [0.15, 0.2) is 0 Å². The SMILES string of the molecule is COc1ccc2o/c(=N/NC(=O)c3ccc([N+](=O)[O-])cc3)c(C(N)=O)cc2c1. The third-order valence-electron chi connectivity index (χ3n) is 3.82. The number of nitrogens with one attached hydrogen (secondary N) is 1. The van der Waals surface area contributed by atoms with Crippen LogP contribution in [0.15, 0.2) is 58.0 Å². The Kier molecular flexibility index (Phi) is 5.03. The minimum atomic E-state index is -0.795. The van der Waals surface area contributed by atoms with Crippen molar-refractivity contribution in [2.45, 2.75) is 0 Å². The molecule has 0 fully saturated rings. The molecule has 142 valence electrons. The number of carbonyl (C=O) groups excluding carboxylic acids is 2. The third-order valence-corrected chi connectivity index (χ3v) is 3.82. The highest BCUT2D eigenvalue weighted by atomic mass is 16.6. The molecule has 1 heterocycles. The number of rotatable bonds is 5. The van der Waals surface area contributed by atoms with Crippen LogP contribution in [0.4, 0.5) is 5.69 Å². The summed E-state index contributed by atoms with van der Waals surface area (Å²) >= 11 is 0. The van der Waals surface area contributed by atoms with E-state index in [1.165, 1.54) is 37.4 Å². The van der Waals surface area contributed by atoms with Crippen molar-refractivity contribution < 1.29 is 23.7 Å². The molecule has 0 saturated heterocycles. The number of non-ortho nitro benzene ring substituents is 1. The first-order chi connectivity index (χ1) is 13.4. The van der Waals surface area contributed by atoms with Crippen LogP contribution in [0.2, 0.25) is 0 Å². The molecule has 0 radical (unpaired) electrons. The fourth-order valence-electron chi connectivity index (χ4n) is 2.40. The molecule has 10 nitrogen and oxygen atoms in total. The smallest absolute Gasteiger partial charge is 0.271 e. The van der Waals surface area contributed by atoms with E-state index < -0.39 is 16.7 Å². The van der Waals surface area contributed by atoms with E-state index >= 15 is 0 Å². The first-order valence-electron chi connectivity index (χ1n) is 7.89. The second-order valence-electron chi connectivity index (χ2n) is 5.59. The van der Waals surface area contributed by atoms with E-state index in [0.29, 0.717) is 16.7 Å². The van der Waals surface area contributed by atoms with Crippen LogP contribution < -0.4 is 21.5 Å². The number of nitrogens with zero attached hydrogens (tertiary/aromatic N) is 2. The number of nitro groups is 1. The lowest BCUT2D eigenvalue weighted by Crippen LogP contribution is -2.27. The number of nitrogens with two attached hydrogens (primary N) is 1. The second-order valence-corrected chi connectivity index (χ2v) is 5.59. The molecule has 0 atom stereocenters. The highest BCUT2D eigenvalue weighted by molar-refractivity contribution is 5.96. The van der Waals surface area contributed by atoms with Crippen LogP contribution in [0.1, 0.15) is 20.7 Å². The molecule has 0 aliphatic carbocycles. The lowest BCUT2D eigenvalue weighted by molar-refractivity contribution is -0.384. The normalized spacial score (nSPS) is 11.2. The second kappa shape index (κ2) is 7.58. The third kappa shape index (κ3) is 3.80. The molecule has 3 rings (SSSR count). The Labute approximate surface area is 157 Å². The number of primary amides is 1. The van der Waals surface area contributed by atoms with Crippen molar-refractivity contribution in [1.29, 1.82) is 0 Å². The number of carbonyl (C=O) groups is 2. The van der Waals surface area contributed by atoms with Gasteiger partial charge in [0.1, 0.15) is 16.9 Å². The van der Waals surface area contributed by atoms with Crippen molar-refractivity contribution >= 4 is 28.5 Å². The molecule has 0 aliphatic rings. The maximum atomic E-state index is 12.2.